The summed E-state index contributed by atoms with van der Waals surface area (Å²) in [6.45, 7) is 6.54. The van der Waals surface area contributed by atoms with E-state index in [4.69, 9.17) is 5.10 Å². The number of hydrogen-bond acceptors (Lipinski definition) is 3. The first-order valence-corrected chi connectivity index (χ1v) is 13.6. The Morgan fingerprint density at radius 3 is 2.38 bits per heavy atom. The minimum Gasteiger partial charge on any atom is -0.378 e. The van der Waals surface area contributed by atoms with Gasteiger partial charge < -0.3 is 19.7 Å². The van der Waals surface area contributed by atoms with Crippen molar-refractivity contribution in [3.05, 3.63) is 125 Å². The number of aromatic nitrogens is 3. The van der Waals surface area contributed by atoms with Crippen molar-refractivity contribution in [2.75, 3.05) is 24.3 Å². The molecular weight excluding hydrogens is 496 g/mol. The fraction of sp³-hybridized carbons (Fsp3) is 0.212. The summed E-state index contributed by atoms with van der Waals surface area (Å²) >= 11 is 0. The third-order valence-corrected chi connectivity index (χ3v) is 7.92. The largest absolute Gasteiger partial charge is 0.378 e. The average Bonchev–Trinajstić information content (AvgIpc) is 3.52. The van der Waals surface area contributed by atoms with E-state index in [1.54, 1.807) is 0 Å². The zero-order chi connectivity index (χ0) is 28.0. The summed E-state index contributed by atoms with van der Waals surface area (Å²) in [4.78, 5) is 18.3. The smallest absolute Gasteiger partial charge is 0.322 e. The summed E-state index contributed by atoms with van der Waals surface area (Å²) < 4.78 is 4.19. The van der Waals surface area contributed by atoms with Crippen LogP contribution in [0.3, 0.4) is 0 Å². The lowest BCUT2D eigenvalue weighted by atomic mass is 10.0. The highest BCUT2D eigenvalue weighted by Crippen LogP contribution is 2.39. The highest BCUT2D eigenvalue weighted by atomic mass is 16.2. The van der Waals surface area contributed by atoms with Gasteiger partial charge in [-0.2, -0.15) is 5.10 Å². The van der Waals surface area contributed by atoms with Crippen LogP contribution in [-0.4, -0.2) is 39.4 Å². The summed E-state index contributed by atoms with van der Waals surface area (Å²) in [6.07, 6.45) is 2.07. The molecule has 0 unspecified atom stereocenters. The first-order chi connectivity index (χ1) is 19.3. The third-order valence-electron chi connectivity index (χ3n) is 7.92. The van der Waals surface area contributed by atoms with Crippen LogP contribution in [0.4, 0.5) is 16.2 Å². The number of nitrogens with zero attached hydrogens (tertiary/aromatic N) is 5. The zero-order valence-corrected chi connectivity index (χ0v) is 23.6. The van der Waals surface area contributed by atoms with Crippen LogP contribution in [-0.2, 0) is 6.54 Å². The number of benzene rings is 3. The van der Waals surface area contributed by atoms with Gasteiger partial charge in [-0.3, -0.25) is 0 Å². The topological polar surface area (TPSA) is 58.3 Å². The number of rotatable bonds is 4. The maximum atomic E-state index is 14.2. The van der Waals surface area contributed by atoms with E-state index in [0.717, 1.165) is 56.5 Å². The SMILES string of the molecule is Cc1cccc(NC(=O)N2Cc3c(C)nn(-c4ccccc4)c3-n3cccc3[C@H]2c2ccc(N(C)C)cc2)c1C. The van der Waals surface area contributed by atoms with Crippen LogP contribution in [0, 0.1) is 20.8 Å². The Labute approximate surface area is 235 Å². The molecule has 0 spiro atoms. The third kappa shape index (κ3) is 4.33. The number of amides is 2. The van der Waals surface area contributed by atoms with Gasteiger partial charge in [0.25, 0.3) is 0 Å². The second kappa shape index (κ2) is 10.1. The van der Waals surface area contributed by atoms with Crippen molar-refractivity contribution in [2.45, 2.75) is 33.4 Å². The number of aryl methyl sites for hydroxylation is 2. The number of nitrogens with one attached hydrogen (secondary N) is 1. The lowest BCUT2D eigenvalue weighted by molar-refractivity contribution is 0.194. The van der Waals surface area contributed by atoms with Crippen LogP contribution in [0.15, 0.2) is 91.1 Å². The van der Waals surface area contributed by atoms with Gasteiger partial charge >= 0.3 is 6.03 Å². The van der Waals surface area contributed by atoms with Gasteiger partial charge in [0, 0.05) is 37.2 Å². The lowest BCUT2D eigenvalue weighted by Gasteiger charge is -2.31. The van der Waals surface area contributed by atoms with Crippen LogP contribution < -0.4 is 10.2 Å². The molecule has 1 aliphatic rings. The molecule has 7 nitrogen and oxygen atoms in total. The van der Waals surface area contributed by atoms with E-state index < -0.39 is 0 Å². The summed E-state index contributed by atoms with van der Waals surface area (Å²) in [5, 5.41) is 8.18. The summed E-state index contributed by atoms with van der Waals surface area (Å²) in [5.74, 6) is 0.959. The minimum atomic E-state index is -0.313. The lowest BCUT2D eigenvalue weighted by Crippen LogP contribution is -2.38. The Balaban J connectivity index is 1.53. The minimum absolute atomic E-state index is 0.150. The van der Waals surface area contributed by atoms with Gasteiger partial charge in [0.1, 0.15) is 5.82 Å². The number of anilines is 2. The van der Waals surface area contributed by atoms with Crippen molar-refractivity contribution < 1.29 is 4.79 Å². The molecule has 0 aliphatic carbocycles. The van der Waals surface area contributed by atoms with Crippen LogP contribution >= 0.6 is 0 Å². The fourth-order valence-corrected chi connectivity index (χ4v) is 5.53. The second-order valence-corrected chi connectivity index (χ2v) is 10.6. The number of carbonyl (C=O) groups is 1. The zero-order valence-electron chi connectivity index (χ0n) is 23.6. The normalized spacial score (nSPS) is 14.3. The summed E-state index contributed by atoms with van der Waals surface area (Å²) in [7, 11) is 4.06. The standard InChI is InChI=1S/C33H34N6O/c1-22-11-9-14-29(23(22)2)34-33(40)38-21-28-24(3)35-39(27-12-7-6-8-13-27)32(28)37-20-10-15-30(37)31(38)25-16-18-26(19-17-25)36(4)5/h6-20,31H,21H2,1-5H3,(H,34,40)/t31-/m1/s1. The molecule has 5 aromatic rings. The van der Waals surface area contributed by atoms with Crippen molar-refractivity contribution >= 4 is 17.4 Å². The monoisotopic (exact) mass is 530 g/mol. The van der Waals surface area contributed by atoms with Crippen molar-refractivity contribution in [2.24, 2.45) is 0 Å². The molecule has 0 fully saturated rings. The van der Waals surface area contributed by atoms with Crippen LogP contribution in [0.2, 0.25) is 0 Å². The van der Waals surface area contributed by atoms with Gasteiger partial charge in [0.05, 0.1) is 29.7 Å². The van der Waals surface area contributed by atoms with E-state index in [0.29, 0.717) is 6.54 Å². The Morgan fingerprint density at radius 1 is 0.900 bits per heavy atom. The molecule has 1 aliphatic heterocycles. The predicted octanol–water partition coefficient (Wildman–Crippen LogP) is 6.79. The van der Waals surface area contributed by atoms with Crippen LogP contribution in [0.1, 0.15) is 39.7 Å². The van der Waals surface area contributed by atoms with E-state index in [-0.39, 0.29) is 12.1 Å². The van der Waals surface area contributed by atoms with E-state index >= 15 is 0 Å². The molecule has 1 atom stereocenters. The fourth-order valence-electron chi connectivity index (χ4n) is 5.53. The van der Waals surface area contributed by atoms with Crippen LogP contribution in [0.5, 0.6) is 0 Å². The molecule has 0 saturated carbocycles. The highest BCUT2D eigenvalue weighted by Gasteiger charge is 2.36. The molecule has 6 rings (SSSR count). The maximum Gasteiger partial charge on any atom is 0.322 e. The predicted molar refractivity (Wildman–Crippen MR) is 161 cm³/mol. The van der Waals surface area contributed by atoms with Gasteiger partial charge in [0.2, 0.25) is 0 Å². The molecule has 2 amide bonds. The Kier molecular flexibility index (Phi) is 6.42. The molecule has 3 aromatic carbocycles. The molecule has 1 N–H and O–H groups in total. The average molecular weight is 531 g/mol. The first-order valence-electron chi connectivity index (χ1n) is 13.6. The van der Waals surface area contributed by atoms with E-state index in [1.807, 2.05) is 73.9 Å². The van der Waals surface area contributed by atoms with Gasteiger partial charge in [-0.1, -0.05) is 42.5 Å². The molecule has 0 saturated heterocycles. The van der Waals surface area contributed by atoms with Crippen molar-refractivity contribution in [1.29, 1.82) is 0 Å². The van der Waals surface area contributed by atoms with Gasteiger partial charge in [0.15, 0.2) is 0 Å². The molecule has 40 heavy (non-hydrogen) atoms. The number of para-hydroxylation sites is 1. The number of fused-ring (bicyclic) bond motifs is 3. The quantitative estimate of drug-likeness (QED) is 0.278. The number of urea groups is 1. The van der Waals surface area contributed by atoms with E-state index in [1.165, 1.54) is 0 Å². The Hall–Kier alpha value is -4.78. The van der Waals surface area contributed by atoms with Gasteiger partial charge in [-0.25, -0.2) is 9.48 Å². The molecule has 3 heterocycles. The Morgan fingerprint density at radius 2 is 1.65 bits per heavy atom. The van der Waals surface area contributed by atoms with Crippen molar-refractivity contribution in [1.82, 2.24) is 19.2 Å². The molecule has 7 heteroatoms. The number of carbonyl (C=O) groups excluding carboxylic acids is 1. The molecule has 2 aromatic heterocycles. The summed E-state index contributed by atoms with van der Waals surface area (Å²) in [6, 6.07) is 28.3. The maximum absolute atomic E-state index is 14.2. The van der Waals surface area contributed by atoms with Crippen LogP contribution in [0.25, 0.3) is 11.5 Å². The molecule has 0 radical (unpaired) electrons. The van der Waals surface area contributed by atoms with Crippen molar-refractivity contribution in [3.63, 3.8) is 0 Å². The number of hydrogen-bond donors (Lipinski definition) is 1. The van der Waals surface area contributed by atoms with Crippen molar-refractivity contribution in [3.8, 4) is 11.5 Å². The van der Waals surface area contributed by atoms with E-state index in [9.17, 15) is 4.79 Å². The first kappa shape index (κ1) is 25.5. The highest BCUT2D eigenvalue weighted by molar-refractivity contribution is 5.91. The molecule has 0 bridgehead atoms. The molecular formula is C33H34N6O. The van der Waals surface area contributed by atoms with Gasteiger partial charge in [-0.15, -0.1) is 0 Å². The van der Waals surface area contributed by atoms with Gasteiger partial charge in [-0.05, 0) is 79.9 Å². The second-order valence-electron chi connectivity index (χ2n) is 10.6. The Bertz CT molecular complexity index is 1680. The van der Waals surface area contributed by atoms with E-state index in [2.05, 4.69) is 76.4 Å². The molecule has 202 valence electrons. The summed E-state index contributed by atoms with van der Waals surface area (Å²) in [5.41, 5.74) is 9.08.